The van der Waals surface area contributed by atoms with Gasteiger partial charge < -0.3 is 5.32 Å². The third-order valence-electron chi connectivity index (χ3n) is 2.46. The van der Waals surface area contributed by atoms with Crippen LogP contribution in [0.4, 0.5) is 5.82 Å². The number of nitrogens with zero attached hydrogens (tertiary/aromatic N) is 2. The zero-order valence-corrected chi connectivity index (χ0v) is 11.0. The summed E-state index contributed by atoms with van der Waals surface area (Å²) in [7, 11) is 1.72. The molecule has 2 rings (SSSR count). The largest absolute Gasteiger partial charge is 0.372 e. The van der Waals surface area contributed by atoms with E-state index in [0.717, 1.165) is 5.56 Å². The molecule has 2 aromatic rings. The Hall–Kier alpha value is -1.76. The lowest BCUT2D eigenvalue weighted by atomic mass is 10.1. The molecular weight excluding hydrogens is 269 g/mol. The maximum absolute atomic E-state index is 8.93. The third-order valence-corrected chi connectivity index (χ3v) is 3.01. The van der Waals surface area contributed by atoms with E-state index in [1.54, 1.807) is 37.4 Å². The van der Waals surface area contributed by atoms with E-state index in [-0.39, 0.29) is 0 Å². The summed E-state index contributed by atoms with van der Waals surface area (Å²) in [6.45, 7) is 0. The summed E-state index contributed by atoms with van der Waals surface area (Å²) in [4.78, 5) is 4.36. The lowest BCUT2D eigenvalue weighted by Crippen LogP contribution is -1.97. The van der Waals surface area contributed by atoms with E-state index >= 15 is 0 Å². The number of aromatic nitrogens is 1. The van der Waals surface area contributed by atoms with Crippen molar-refractivity contribution in [2.75, 3.05) is 12.4 Å². The highest BCUT2D eigenvalue weighted by Crippen LogP contribution is 2.30. The molecule has 1 aromatic carbocycles. The molecule has 0 spiro atoms. The SMILES string of the molecule is CNc1nc(-c2ccc(Cl)cc2Cl)ccc1C#N. The predicted octanol–water partition coefficient (Wildman–Crippen LogP) is 3.97. The first-order valence-electron chi connectivity index (χ1n) is 5.20. The van der Waals surface area contributed by atoms with Crippen molar-refractivity contribution in [3.63, 3.8) is 0 Å². The van der Waals surface area contributed by atoms with Gasteiger partial charge in [0.25, 0.3) is 0 Å². The molecule has 0 amide bonds. The van der Waals surface area contributed by atoms with Crippen LogP contribution in [0.5, 0.6) is 0 Å². The zero-order valence-electron chi connectivity index (χ0n) is 9.54. The summed E-state index contributed by atoms with van der Waals surface area (Å²) in [5.41, 5.74) is 1.97. The minimum absolute atomic E-state index is 0.492. The van der Waals surface area contributed by atoms with E-state index in [1.165, 1.54) is 0 Å². The number of rotatable bonds is 2. The molecule has 0 aliphatic heterocycles. The average Bonchev–Trinajstić information content (AvgIpc) is 2.38. The highest BCUT2D eigenvalue weighted by Gasteiger charge is 2.09. The van der Waals surface area contributed by atoms with Crippen LogP contribution < -0.4 is 5.32 Å². The Morgan fingerprint density at radius 1 is 1.22 bits per heavy atom. The molecule has 0 aliphatic rings. The van der Waals surface area contributed by atoms with Gasteiger partial charge in [0.05, 0.1) is 16.3 Å². The fourth-order valence-electron chi connectivity index (χ4n) is 1.59. The van der Waals surface area contributed by atoms with Gasteiger partial charge >= 0.3 is 0 Å². The van der Waals surface area contributed by atoms with Crippen LogP contribution >= 0.6 is 23.2 Å². The Labute approximate surface area is 115 Å². The smallest absolute Gasteiger partial charge is 0.144 e. The second-order valence-corrected chi connectivity index (χ2v) is 4.42. The van der Waals surface area contributed by atoms with Crippen LogP contribution in [0.1, 0.15) is 5.56 Å². The lowest BCUT2D eigenvalue weighted by Gasteiger charge is -2.07. The minimum atomic E-state index is 0.492. The Kier molecular flexibility index (Phi) is 3.71. The first-order valence-corrected chi connectivity index (χ1v) is 5.95. The molecular formula is C13H9Cl2N3. The monoisotopic (exact) mass is 277 g/mol. The van der Waals surface area contributed by atoms with Crippen molar-refractivity contribution in [1.82, 2.24) is 4.98 Å². The topological polar surface area (TPSA) is 48.7 Å². The normalized spacial score (nSPS) is 9.89. The fraction of sp³-hybridized carbons (Fsp3) is 0.0769. The average molecular weight is 278 g/mol. The standard InChI is InChI=1S/C13H9Cl2N3/c1-17-13-8(7-16)2-5-12(18-13)10-4-3-9(14)6-11(10)15/h2-6H,1H3,(H,17,18). The number of benzene rings is 1. The lowest BCUT2D eigenvalue weighted by molar-refractivity contribution is 1.27. The Balaban J connectivity index is 2.55. The van der Waals surface area contributed by atoms with E-state index in [9.17, 15) is 0 Å². The molecule has 0 saturated heterocycles. The van der Waals surface area contributed by atoms with E-state index in [1.807, 2.05) is 0 Å². The maximum atomic E-state index is 8.93. The van der Waals surface area contributed by atoms with Crippen molar-refractivity contribution in [2.24, 2.45) is 0 Å². The Bertz CT molecular complexity index is 633. The second-order valence-electron chi connectivity index (χ2n) is 3.58. The summed E-state index contributed by atoms with van der Waals surface area (Å²) < 4.78 is 0. The summed E-state index contributed by atoms with van der Waals surface area (Å²) >= 11 is 12.0. The molecule has 0 bridgehead atoms. The molecule has 90 valence electrons. The second kappa shape index (κ2) is 5.26. The van der Waals surface area contributed by atoms with Crippen LogP contribution in [0, 0.1) is 11.3 Å². The van der Waals surface area contributed by atoms with Crippen LogP contribution in [-0.4, -0.2) is 12.0 Å². The predicted molar refractivity (Wildman–Crippen MR) is 74.0 cm³/mol. The number of halogens is 2. The van der Waals surface area contributed by atoms with Crippen molar-refractivity contribution >= 4 is 29.0 Å². The third kappa shape index (κ3) is 2.40. The Morgan fingerprint density at radius 3 is 2.61 bits per heavy atom. The van der Waals surface area contributed by atoms with E-state index < -0.39 is 0 Å². The van der Waals surface area contributed by atoms with Gasteiger partial charge in [-0.15, -0.1) is 0 Å². The zero-order chi connectivity index (χ0) is 13.1. The first kappa shape index (κ1) is 12.7. The maximum Gasteiger partial charge on any atom is 0.144 e. The molecule has 0 fully saturated rings. The molecule has 5 heteroatoms. The van der Waals surface area contributed by atoms with Crippen LogP contribution in [0.2, 0.25) is 10.0 Å². The molecule has 0 atom stereocenters. The van der Waals surface area contributed by atoms with Crippen molar-refractivity contribution in [3.05, 3.63) is 45.9 Å². The van der Waals surface area contributed by atoms with E-state index in [0.29, 0.717) is 27.1 Å². The van der Waals surface area contributed by atoms with E-state index in [4.69, 9.17) is 28.5 Å². The van der Waals surface area contributed by atoms with Gasteiger partial charge in [-0.2, -0.15) is 5.26 Å². The van der Waals surface area contributed by atoms with Crippen molar-refractivity contribution in [3.8, 4) is 17.3 Å². The highest BCUT2D eigenvalue weighted by molar-refractivity contribution is 6.36. The molecule has 1 heterocycles. The molecule has 0 radical (unpaired) electrons. The van der Waals surface area contributed by atoms with Crippen molar-refractivity contribution < 1.29 is 0 Å². The molecule has 1 aromatic heterocycles. The number of anilines is 1. The van der Waals surface area contributed by atoms with Gasteiger partial charge in [0, 0.05) is 17.6 Å². The number of pyridine rings is 1. The molecule has 1 N–H and O–H groups in total. The quantitative estimate of drug-likeness (QED) is 0.904. The Morgan fingerprint density at radius 2 is 2.00 bits per heavy atom. The molecule has 0 saturated carbocycles. The van der Waals surface area contributed by atoms with Crippen molar-refractivity contribution in [2.45, 2.75) is 0 Å². The van der Waals surface area contributed by atoms with Crippen molar-refractivity contribution in [1.29, 1.82) is 5.26 Å². The van der Waals surface area contributed by atoms with Gasteiger partial charge in [-0.3, -0.25) is 0 Å². The number of nitriles is 1. The number of nitrogens with one attached hydrogen (secondary N) is 1. The summed E-state index contributed by atoms with van der Waals surface area (Å²) in [6.07, 6.45) is 0. The molecule has 0 aliphatic carbocycles. The molecule has 0 unspecified atom stereocenters. The van der Waals surface area contributed by atoms with Gasteiger partial charge in [0.15, 0.2) is 0 Å². The van der Waals surface area contributed by atoms with Crippen LogP contribution in [0.25, 0.3) is 11.3 Å². The van der Waals surface area contributed by atoms with E-state index in [2.05, 4.69) is 16.4 Å². The number of hydrogen-bond acceptors (Lipinski definition) is 3. The van der Waals surface area contributed by atoms with Gasteiger partial charge in [0.2, 0.25) is 0 Å². The first-order chi connectivity index (χ1) is 8.65. The van der Waals surface area contributed by atoms with Crippen LogP contribution in [0.3, 0.4) is 0 Å². The van der Waals surface area contributed by atoms with Gasteiger partial charge in [0.1, 0.15) is 11.9 Å². The summed E-state index contributed by atoms with van der Waals surface area (Å²) in [5, 5.41) is 12.9. The fourth-order valence-corrected chi connectivity index (χ4v) is 2.09. The van der Waals surface area contributed by atoms with Gasteiger partial charge in [-0.05, 0) is 30.3 Å². The van der Waals surface area contributed by atoms with Crippen LogP contribution in [0.15, 0.2) is 30.3 Å². The number of hydrogen-bond donors (Lipinski definition) is 1. The molecule has 3 nitrogen and oxygen atoms in total. The summed E-state index contributed by atoms with van der Waals surface area (Å²) in [6, 6.07) is 10.8. The highest BCUT2D eigenvalue weighted by atomic mass is 35.5. The van der Waals surface area contributed by atoms with Gasteiger partial charge in [-0.1, -0.05) is 23.2 Å². The minimum Gasteiger partial charge on any atom is -0.372 e. The van der Waals surface area contributed by atoms with Gasteiger partial charge in [-0.25, -0.2) is 4.98 Å². The molecule has 18 heavy (non-hydrogen) atoms. The van der Waals surface area contributed by atoms with Crippen LogP contribution in [-0.2, 0) is 0 Å². The summed E-state index contributed by atoms with van der Waals surface area (Å²) in [5.74, 6) is 0.529.